The van der Waals surface area contributed by atoms with E-state index in [1.807, 2.05) is 6.92 Å². The number of ether oxygens (including phenoxy) is 2. The van der Waals surface area contributed by atoms with Gasteiger partial charge in [0.25, 0.3) is 0 Å². The van der Waals surface area contributed by atoms with Gasteiger partial charge in [-0.15, -0.1) is 0 Å². The van der Waals surface area contributed by atoms with Crippen LogP contribution in [-0.2, 0) is 4.74 Å². The highest BCUT2D eigenvalue weighted by atomic mass is 16.5. The molecule has 13 heavy (non-hydrogen) atoms. The maximum Gasteiger partial charge on any atom is 0.343 e. The average Bonchev–Trinajstić information content (AvgIpc) is 2.16. The fraction of sp³-hybridized carbons (Fsp3) is 0.333. The summed E-state index contributed by atoms with van der Waals surface area (Å²) < 4.78 is 9.63. The maximum absolute atomic E-state index is 11.2. The summed E-state index contributed by atoms with van der Waals surface area (Å²) in [4.78, 5) is 15.1. The molecule has 1 aromatic heterocycles. The van der Waals surface area contributed by atoms with Gasteiger partial charge in [-0.2, -0.15) is 0 Å². The van der Waals surface area contributed by atoms with E-state index in [4.69, 9.17) is 4.74 Å². The van der Waals surface area contributed by atoms with Crippen molar-refractivity contribution in [2.45, 2.75) is 6.92 Å². The zero-order valence-corrected chi connectivity index (χ0v) is 7.83. The fourth-order valence-corrected chi connectivity index (χ4v) is 1.08. The van der Waals surface area contributed by atoms with E-state index in [0.29, 0.717) is 11.3 Å². The Morgan fingerprint density at radius 1 is 1.38 bits per heavy atom. The summed E-state index contributed by atoms with van der Waals surface area (Å²) in [6.45, 7) is 1.82. The molecule has 0 unspecified atom stereocenters. The van der Waals surface area contributed by atoms with Crippen LogP contribution in [0, 0.1) is 6.92 Å². The first kappa shape index (κ1) is 9.51. The van der Waals surface area contributed by atoms with Crippen LogP contribution in [0.5, 0.6) is 5.75 Å². The fourth-order valence-electron chi connectivity index (χ4n) is 1.08. The number of rotatable bonds is 2. The van der Waals surface area contributed by atoms with Gasteiger partial charge in [0.1, 0.15) is 11.3 Å². The van der Waals surface area contributed by atoms with Gasteiger partial charge in [-0.25, -0.2) is 4.79 Å². The summed E-state index contributed by atoms with van der Waals surface area (Å²) in [5.41, 5.74) is 1.16. The van der Waals surface area contributed by atoms with E-state index >= 15 is 0 Å². The topological polar surface area (TPSA) is 48.4 Å². The second-order valence-corrected chi connectivity index (χ2v) is 2.53. The number of hydrogen-bond donors (Lipinski definition) is 0. The van der Waals surface area contributed by atoms with Crippen LogP contribution in [0.15, 0.2) is 12.4 Å². The van der Waals surface area contributed by atoms with Crippen LogP contribution in [0.1, 0.15) is 15.9 Å². The molecule has 1 rings (SSSR count). The van der Waals surface area contributed by atoms with Gasteiger partial charge in [0.15, 0.2) is 0 Å². The number of hydrogen-bond acceptors (Lipinski definition) is 4. The smallest absolute Gasteiger partial charge is 0.343 e. The predicted molar refractivity (Wildman–Crippen MR) is 46.9 cm³/mol. The van der Waals surface area contributed by atoms with Crippen molar-refractivity contribution in [1.82, 2.24) is 4.98 Å². The van der Waals surface area contributed by atoms with Gasteiger partial charge in [0.05, 0.1) is 14.2 Å². The number of carbonyl (C=O) groups excluding carboxylic acids is 1. The monoisotopic (exact) mass is 181 g/mol. The van der Waals surface area contributed by atoms with Crippen LogP contribution in [0.25, 0.3) is 0 Å². The second kappa shape index (κ2) is 3.89. The minimum absolute atomic E-state index is 0.352. The zero-order chi connectivity index (χ0) is 9.84. The number of esters is 1. The van der Waals surface area contributed by atoms with Crippen LogP contribution in [-0.4, -0.2) is 25.2 Å². The molecule has 4 nitrogen and oxygen atoms in total. The quantitative estimate of drug-likeness (QED) is 0.643. The summed E-state index contributed by atoms with van der Waals surface area (Å²) >= 11 is 0. The van der Waals surface area contributed by atoms with Crippen molar-refractivity contribution in [3.63, 3.8) is 0 Å². The van der Waals surface area contributed by atoms with Gasteiger partial charge in [-0.05, 0) is 6.92 Å². The van der Waals surface area contributed by atoms with Crippen molar-refractivity contribution in [1.29, 1.82) is 0 Å². The third kappa shape index (κ3) is 1.77. The lowest BCUT2D eigenvalue weighted by atomic mass is 10.2. The van der Waals surface area contributed by atoms with Gasteiger partial charge in [0.2, 0.25) is 0 Å². The molecule has 0 amide bonds. The first-order chi connectivity index (χ1) is 6.20. The van der Waals surface area contributed by atoms with E-state index in [9.17, 15) is 4.79 Å². The Bertz CT molecular complexity index is 323. The minimum Gasteiger partial charge on any atom is -0.495 e. The van der Waals surface area contributed by atoms with Gasteiger partial charge in [-0.1, -0.05) is 0 Å². The summed E-state index contributed by atoms with van der Waals surface area (Å²) in [5.74, 6) is 0.0786. The molecule has 0 atom stereocenters. The molecular weight excluding hydrogens is 170 g/mol. The van der Waals surface area contributed by atoms with E-state index in [1.54, 1.807) is 6.20 Å². The Morgan fingerprint density at radius 2 is 2.08 bits per heavy atom. The molecule has 0 bridgehead atoms. The van der Waals surface area contributed by atoms with Crippen molar-refractivity contribution in [2.75, 3.05) is 14.2 Å². The molecule has 0 saturated heterocycles. The first-order valence-corrected chi connectivity index (χ1v) is 3.77. The molecule has 4 heteroatoms. The van der Waals surface area contributed by atoms with Gasteiger partial charge in [0, 0.05) is 18.0 Å². The average molecular weight is 181 g/mol. The van der Waals surface area contributed by atoms with E-state index in [-0.39, 0.29) is 0 Å². The Kier molecular flexibility index (Phi) is 2.84. The SMILES string of the molecule is COC(=O)c1cncc(C)c1OC. The molecule has 0 spiro atoms. The number of methoxy groups -OCH3 is 2. The van der Waals surface area contributed by atoms with E-state index in [0.717, 1.165) is 5.56 Å². The summed E-state index contributed by atoms with van der Waals surface area (Å²) in [7, 11) is 2.83. The molecule has 1 heterocycles. The predicted octanol–water partition coefficient (Wildman–Crippen LogP) is 1.19. The molecule has 0 aromatic carbocycles. The molecular formula is C9H11NO3. The van der Waals surface area contributed by atoms with Crippen molar-refractivity contribution in [3.8, 4) is 5.75 Å². The third-order valence-corrected chi connectivity index (χ3v) is 1.68. The maximum atomic E-state index is 11.2. The van der Waals surface area contributed by atoms with Gasteiger partial charge >= 0.3 is 5.97 Å². The highest BCUT2D eigenvalue weighted by Crippen LogP contribution is 2.21. The van der Waals surface area contributed by atoms with Crippen molar-refractivity contribution < 1.29 is 14.3 Å². The second-order valence-electron chi connectivity index (χ2n) is 2.53. The number of carbonyl (C=O) groups is 1. The molecule has 0 N–H and O–H groups in total. The largest absolute Gasteiger partial charge is 0.495 e. The molecule has 0 fully saturated rings. The molecule has 0 saturated carbocycles. The summed E-state index contributed by atoms with van der Waals surface area (Å²) in [6, 6.07) is 0. The van der Waals surface area contributed by atoms with Gasteiger partial charge < -0.3 is 9.47 Å². The standard InChI is InChI=1S/C9H11NO3/c1-6-4-10-5-7(8(6)12-2)9(11)13-3/h4-5H,1-3H3. The number of aryl methyl sites for hydroxylation is 1. The Hall–Kier alpha value is -1.58. The third-order valence-electron chi connectivity index (χ3n) is 1.68. The highest BCUT2D eigenvalue weighted by molar-refractivity contribution is 5.92. The first-order valence-electron chi connectivity index (χ1n) is 3.77. The van der Waals surface area contributed by atoms with E-state index in [2.05, 4.69) is 9.72 Å². The molecule has 70 valence electrons. The number of pyridine rings is 1. The van der Waals surface area contributed by atoms with Crippen LogP contribution >= 0.6 is 0 Å². The van der Waals surface area contributed by atoms with Gasteiger partial charge in [-0.3, -0.25) is 4.98 Å². The Balaban J connectivity index is 3.20. The number of aromatic nitrogens is 1. The number of nitrogens with zero attached hydrogens (tertiary/aromatic N) is 1. The molecule has 0 radical (unpaired) electrons. The minimum atomic E-state index is -0.437. The molecule has 0 aliphatic rings. The van der Waals surface area contributed by atoms with E-state index in [1.165, 1.54) is 20.4 Å². The lowest BCUT2D eigenvalue weighted by Gasteiger charge is -2.07. The summed E-state index contributed by atoms with van der Waals surface area (Å²) in [5, 5.41) is 0. The van der Waals surface area contributed by atoms with Crippen LogP contribution < -0.4 is 4.74 Å². The van der Waals surface area contributed by atoms with Crippen molar-refractivity contribution >= 4 is 5.97 Å². The lowest BCUT2D eigenvalue weighted by molar-refractivity contribution is 0.0596. The van der Waals surface area contributed by atoms with Crippen molar-refractivity contribution in [2.24, 2.45) is 0 Å². The summed E-state index contributed by atoms with van der Waals surface area (Å²) in [6.07, 6.45) is 3.06. The zero-order valence-electron chi connectivity index (χ0n) is 7.83. The van der Waals surface area contributed by atoms with E-state index < -0.39 is 5.97 Å². The lowest BCUT2D eigenvalue weighted by Crippen LogP contribution is -2.05. The molecule has 0 aliphatic heterocycles. The Labute approximate surface area is 76.5 Å². The Morgan fingerprint density at radius 3 is 2.62 bits per heavy atom. The van der Waals surface area contributed by atoms with Crippen LogP contribution in [0.3, 0.4) is 0 Å². The van der Waals surface area contributed by atoms with Crippen LogP contribution in [0.2, 0.25) is 0 Å². The molecule has 1 aromatic rings. The normalized spacial score (nSPS) is 9.46. The van der Waals surface area contributed by atoms with Crippen LogP contribution in [0.4, 0.5) is 0 Å². The van der Waals surface area contributed by atoms with Crippen molar-refractivity contribution in [3.05, 3.63) is 23.5 Å². The highest BCUT2D eigenvalue weighted by Gasteiger charge is 2.14. The molecule has 0 aliphatic carbocycles.